The molecular weight excluding hydrogens is 330 g/mol. The molecule has 19 heavy (non-hydrogen) atoms. The second-order valence-electron chi connectivity index (χ2n) is 5.06. The van der Waals surface area contributed by atoms with Gasteiger partial charge in [-0.05, 0) is 26.2 Å². The van der Waals surface area contributed by atoms with Crippen molar-refractivity contribution in [2.24, 2.45) is 5.92 Å². The van der Waals surface area contributed by atoms with Crippen molar-refractivity contribution in [2.45, 2.75) is 43.6 Å². The predicted molar refractivity (Wildman–Crippen MR) is 77.9 cm³/mol. The van der Waals surface area contributed by atoms with Gasteiger partial charge in [0.05, 0.1) is 0 Å². The molecule has 1 aromatic rings. The molecule has 0 amide bonds. The fourth-order valence-electron chi connectivity index (χ4n) is 2.35. The van der Waals surface area contributed by atoms with Crippen LogP contribution < -0.4 is 0 Å². The summed E-state index contributed by atoms with van der Waals surface area (Å²) in [5.74, 6) is 1.06. The van der Waals surface area contributed by atoms with Crippen molar-refractivity contribution in [3.8, 4) is 0 Å². The fraction of sp³-hybridized carbons (Fsp3) is 0.750. The summed E-state index contributed by atoms with van der Waals surface area (Å²) >= 11 is 3.59. The van der Waals surface area contributed by atoms with Crippen LogP contribution in [-0.4, -0.2) is 40.2 Å². The molecule has 1 aliphatic rings. The van der Waals surface area contributed by atoms with Gasteiger partial charge in [0.15, 0.2) is 5.03 Å². The van der Waals surface area contributed by atoms with Crippen molar-refractivity contribution in [1.82, 2.24) is 13.9 Å². The Balaban J connectivity index is 2.27. The lowest BCUT2D eigenvalue weighted by molar-refractivity contribution is 0.291. The largest absolute Gasteiger partial charge is 0.334 e. The third-order valence-electron chi connectivity index (χ3n) is 3.66. The lowest BCUT2D eigenvalue weighted by atomic mass is 10.0. The normalized spacial score (nSPS) is 25.7. The van der Waals surface area contributed by atoms with E-state index < -0.39 is 10.0 Å². The zero-order chi connectivity index (χ0) is 14.2. The first kappa shape index (κ1) is 15.0. The zero-order valence-corrected chi connectivity index (χ0v) is 13.9. The maximum Gasteiger partial charge on any atom is 0.262 e. The standard InChI is InChI=1S/C12H20BrN3O2S/c1-4-15-8-12(14-10(15)3)19(17,18)16-6-5-11(13)9(2)7-16/h8-9,11H,4-7H2,1-3H3. The highest BCUT2D eigenvalue weighted by Crippen LogP contribution is 2.27. The first-order chi connectivity index (χ1) is 8.86. The molecule has 2 rings (SSSR count). The van der Waals surface area contributed by atoms with Gasteiger partial charge in [-0.15, -0.1) is 0 Å². The minimum Gasteiger partial charge on any atom is -0.334 e. The number of rotatable bonds is 3. The number of sulfonamides is 1. The predicted octanol–water partition coefficient (Wildman–Crippen LogP) is 2.01. The third kappa shape index (κ3) is 2.87. The molecule has 2 atom stereocenters. The van der Waals surface area contributed by atoms with E-state index in [4.69, 9.17) is 0 Å². The number of hydrogen-bond acceptors (Lipinski definition) is 3. The average Bonchev–Trinajstić information content (AvgIpc) is 2.74. The number of aryl methyl sites for hydroxylation is 2. The molecule has 2 unspecified atom stereocenters. The lowest BCUT2D eigenvalue weighted by Gasteiger charge is -2.32. The van der Waals surface area contributed by atoms with Gasteiger partial charge in [0.1, 0.15) is 5.82 Å². The van der Waals surface area contributed by atoms with E-state index in [2.05, 4.69) is 27.8 Å². The second-order valence-corrected chi connectivity index (χ2v) is 8.12. The molecule has 5 nitrogen and oxygen atoms in total. The Kier molecular flexibility index (Phi) is 4.37. The van der Waals surface area contributed by atoms with E-state index in [0.29, 0.717) is 23.8 Å². The van der Waals surface area contributed by atoms with Gasteiger partial charge in [-0.3, -0.25) is 0 Å². The van der Waals surface area contributed by atoms with Gasteiger partial charge in [-0.1, -0.05) is 22.9 Å². The number of piperidine rings is 1. The lowest BCUT2D eigenvalue weighted by Crippen LogP contribution is -2.43. The van der Waals surface area contributed by atoms with Gasteiger partial charge in [0.2, 0.25) is 0 Å². The molecule has 0 aromatic carbocycles. The van der Waals surface area contributed by atoms with Crippen molar-refractivity contribution in [3.05, 3.63) is 12.0 Å². The number of alkyl halides is 1. The van der Waals surface area contributed by atoms with Gasteiger partial charge in [0, 0.05) is 30.7 Å². The Bertz CT molecular complexity index is 555. The van der Waals surface area contributed by atoms with E-state index in [-0.39, 0.29) is 5.03 Å². The van der Waals surface area contributed by atoms with Crippen molar-refractivity contribution < 1.29 is 8.42 Å². The molecule has 1 fully saturated rings. The number of hydrogen-bond donors (Lipinski definition) is 0. The Labute approximate surface area is 123 Å². The SMILES string of the molecule is CCn1cc(S(=O)(=O)N2CCC(Br)C(C)C2)nc1C. The van der Waals surface area contributed by atoms with E-state index in [9.17, 15) is 8.42 Å². The van der Waals surface area contributed by atoms with E-state index in [1.54, 1.807) is 10.5 Å². The molecule has 0 radical (unpaired) electrons. The van der Waals surface area contributed by atoms with E-state index in [0.717, 1.165) is 18.8 Å². The summed E-state index contributed by atoms with van der Waals surface area (Å²) in [6.45, 7) is 7.71. The second kappa shape index (κ2) is 5.54. The molecule has 0 aliphatic carbocycles. The molecule has 2 heterocycles. The van der Waals surface area contributed by atoms with Crippen LogP contribution in [0.4, 0.5) is 0 Å². The quantitative estimate of drug-likeness (QED) is 0.784. The van der Waals surface area contributed by atoms with Crippen LogP contribution in [0.1, 0.15) is 26.1 Å². The molecular formula is C12H20BrN3O2S. The third-order valence-corrected chi connectivity index (χ3v) is 6.76. The first-order valence-corrected chi connectivity index (χ1v) is 8.89. The Morgan fingerprint density at radius 3 is 2.74 bits per heavy atom. The Hall–Kier alpha value is -0.400. The number of aromatic nitrogens is 2. The van der Waals surface area contributed by atoms with Crippen LogP contribution in [0.3, 0.4) is 0 Å². The molecule has 0 saturated carbocycles. The summed E-state index contributed by atoms with van der Waals surface area (Å²) < 4.78 is 28.5. The van der Waals surface area contributed by atoms with Crippen LogP contribution in [0.25, 0.3) is 0 Å². The summed E-state index contributed by atoms with van der Waals surface area (Å²) in [7, 11) is -3.45. The summed E-state index contributed by atoms with van der Waals surface area (Å²) in [5.41, 5.74) is 0. The van der Waals surface area contributed by atoms with E-state index in [1.165, 1.54) is 0 Å². The molecule has 7 heteroatoms. The van der Waals surface area contributed by atoms with Crippen molar-refractivity contribution >= 4 is 26.0 Å². The van der Waals surface area contributed by atoms with Crippen molar-refractivity contribution in [1.29, 1.82) is 0 Å². The van der Waals surface area contributed by atoms with E-state index in [1.807, 2.05) is 18.4 Å². The summed E-state index contributed by atoms with van der Waals surface area (Å²) in [6, 6.07) is 0. The minimum atomic E-state index is -3.45. The molecule has 108 valence electrons. The highest BCUT2D eigenvalue weighted by Gasteiger charge is 2.33. The molecule has 1 aliphatic heterocycles. The summed E-state index contributed by atoms with van der Waals surface area (Å²) in [4.78, 5) is 4.59. The summed E-state index contributed by atoms with van der Waals surface area (Å²) in [6.07, 6.45) is 2.48. The van der Waals surface area contributed by atoms with Crippen molar-refractivity contribution in [2.75, 3.05) is 13.1 Å². The van der Waals surface area contributed by atoms with Crippen LogP contribution in [0, 0.1) is 12.8 Å². The van der Waals surface area contributed by atoms with Gasteiger partial charge in [-0.25, -0.2) is 13.4 Å². The maximum atomic E-state index is 12.6. The molecule has 0 N–H and O–H groups in total. The van der Waals surface area contributed by atoms with Crippen LogP contribution in [0.2, 0.25) is 0 Å². The zero-order valence-electron chi connectivity index (χ0n) is 11.5. The Morgan fingerprint density at radius 1 is 1.53 bits per heavy atom. The molecule has 0 spiro atoms. The van der Waals surface area contributed by atoms with Crippen molar-refractivity contribution in [3.63, 3.8) is 0 Å². The smallest absolute Gasteiger partial charge is 0.262 e. The van der Waals surface area contributed by atoms with Crippen LogP contribution in [-0.2, 0) is 16.6 Å². The maximum absolute atomic E-state index is 12.6. The van der Waals surface area contributed by atoms with Gasteiger partial charge in [0.25, 0.3) is 10.0 Å². The van der Waals surface area contributed by atoms with Gasteiger partial charge in [-0.2, -0.15) is 4.31 Å². The fourth-order valence-corrected chi connectivity index (χ4v) is 4.27. The average molecular weight is 350 g/mol. The number of nitrogens with zero attached hydrogens (tertiary/aromatic N) is 3. The summed E-state index contributed by atoms with van der Waals surface area (Å²) in [5, 5.41) is 0.173. The van der Waals surface area contributed by atoms with Gasteiger partial charge < -0.3 is 4.57 Å². The van der Waals surface area contributed by atoms with E-state index >= 15 is 0 Å². The number of imidazole rings is 1. The highest BCUT2D eigenvalue weighted by atomic mass is 79.9. The van der Waals surface area contributed by atoms with Crippen LogP contribution in [0.5, 0.6) is 0 Å². The monoisotopic (exact) mass is 349 g/mol. The topological polar surface area (TPSA) is 55.2 Å². The molecule has 0 bridgehead atoms. The molecule has 1 aromatic heterocycles. The molecule has 1 saturated heterocycles. The number of halogens is 1. The Morgan fingerprint density at radius 2 is 2.21 bits per heavy atom. The minimum absolute atomic E-state index is 0.173. The van der Waals surface area contributed by atoms with Crippen LogP contribution >= 0.6 is 15.9 Å². The van der Waals surface area contributed by atoms with Crippen LogP contribution in [0.15, 0.2) is 11.2 Å². The van der Waals surface area contributed by atoms with Gasteiger partial charge >= 0.3 is 0 Å². The first-order valence-electron chi connectivity index (χ1n) is 6.54. The highest BCUT2D eigenvalue weighted by molar-refractivity contribution is 9.09.